The van der Waals surface area contributed by atoms with E-state index in [0.717, 1.165) is 0 Å². The molecule has 2 unspecified atom stereocenters. The van der Waals surface area contributed by atoms with Crippen molar-refractivity contribution in [2.45, 2.75) is 25.9 Å². The third kappa shape index (κ3) is 3.78. The SMILES string of the molecule is CC(C)C(C(=O)NC(C(=O)O)c1ccccc1)n1cnc2ccccc2c1=O. The van der Waals surface area contributed by atoms with Gasteiger partial charge in [-0.1, -0.05) is 56.3 Å². The van der Waals surface area contributed by atoms with Crippen LogP contribution in [-0.2, 0) is 9.59 Å². The van der Waals surface area contributed by atoms with E-state index in [2.05, 4.69) is 10.3 Å². The molecule has 144 valence electrons. The number of para-hydroxylation sites is 1. The highest BCUT2D eigenvalue weighted by molar-refractivity contribution is 5.87. The van der Waals surface area contributed by atoms with Crippen molar-refractivity contribution < 1.29 is 14.7 Å². The van der Waals surface area contributed by atoms with Crippen molar-refractivity contribution in [3.8, 4) is 0 Å². The molecule has 3 aromatic rings. The van der Waals surface area contributed by atoms with Crippen LogP contribution >= 0.6 is 0 Å². The van der Waals surface area contributed by atoms with Gasteiger partial charge in [0.1, 0.15) is 6.04 Å². The zero-order chi connectivity index (χ0) is 20.3. The van der Waals surface area contributed by atoms with E-state index in [9.17, 15) is 19.5 Å². The van der Waals surface area contributed by atoms with Gasteiger partial charge < -0.3 is 10.4 Å². The van der Waals surface area contributed by atoms with E-state index < -0.39 is 24.0 Å². The standard InChI is InChI=1S/C21H21N3O4/c1-13(2)18(24-12-22-16-11-7-6-10-15(16)20(24)26)19(25)23-17(21(27)28)14-8-4-3-5-9-14/h3-13,17-18H,1-2H3,(H,23,25)(H,27,28). The van der Waals surface area contributed by atoms with Gasteiger partial charge in [-0.2, -0.15) is 0 Å². The van der Waals surface area contributed by atoms with Crippen LogP contribution in [0.15, 0.2) is 65.7 Å². The summed E-state index contributed by atoms with van der Waals surface area (Å²) < 4.78 is 1.27. The summed E-state index contributed by atoms with van der Waals surface area (Å²) in [6.07, 6.45) is 1.34. The third-order valence-corrected chi connectivity index (χ3v) is 4.56. The number of amides is 1. The first-order valence-corrected chi connectivity index (χ1v) is 8.94. The molecule has 0 saturated heterocycles. The Kier molecular flexibility index (Phi) is 5.54. The number of benzene rings is 2. The zero-order valence-electron chi connectivity index (χ0n) is 15.6. The molecule has 3 rings (SSSR count). The summed E-state index contributed by atoms with van der Waals surface area (Å²) in [5, 5.41) is 12.5. The highest BCUT2D eigenvalue weighted by Crippen LogP contribution is 2.20. The Bertz CT molecular complexity index is 1060. The second-order valence-corrected chi connectivity index (χ2v) is 6.85. The first kappa shape index (κ1) is 19.3. The fraction of sp³-hybridized carbons (Fsp3) is 0.238. The molecular formula is C21H21N3O4. The molecule has 0 aliphatic carbocycles. The maximum atomic E-state index is 13.0. The number of carbonyl (C=O) groups excluding carboxylic acids is 1. The smallest absolute Gasteiger partial charge is 0.330 e. The second-order valence-electron chi connectivity index (χ2n) is 6.85. The van der Waals surface area contributed by atoms with Crippen molar-refractivity contribution in [2.24, 2.45) is 5.92 Å². The summed E-state index contributed by atoms with van der Waals surface area (Å²) in [4.78, 5) is 41.9. The first-order valence-electron chi connectivity index (χ1n) is 8.94. The number of hydrogen-bond acceptors (Lipinski definition) is 4. The molecule has 1 amide bonds. The van der Waals surface area contributed by atoms with Gasteiger partial charge in [0.15, 0.2) is 6.04 Å². The zero-order valence-corrected chi connectivity index (χ0v) is 15.6. The molecule has 0 fully saturated rings. The number of aromatic nitrogens is 2. The van der Waals surface area contributed by atoms with Crippen LogP contribution in [-0.4, -0.2) is 26.5 Å². The van der Waals surface area contributed by atoms with Gasteiger partial charge in [-0.05, 0) is 23.6 Å². The average Bonchev–Trinajstić information content (AvgIpc) is 2.68. The van der Waals surface area contributed by atoms with Crippen molar-refractivity contribution in [2.75, 3.05) is 0 Å². The minimum atomic E-state index is -1.21. The van der Waals surface area contributed by atoms with Crippen molar-refractivity contribution in [1.82, 2.24) is 14.9 Å². The van der Waals surface area contributed by atoms with Crippen LogP contribution < -0.4 is 10.9 Å². The summed E-state index contributed by atoms with van der Waals surface area (Å²) >= 11 is 0. The Labute approximate surface area is 161 Å². The van der Waals surface area contributed by atoms with Gasteiger partial charge in [-0.15, -0.1) is 0 Å². The lowest BCUT2D eigenvalue weighted by Gasteiger charge is -2.25. The Balaban J connectivity index is 1.98. The largest absolute Gasteiger partial charge is 0.479 e. The topological polar surface area (TPSA) is 101 Å². The van der Waals surface area contributed by atoms with Gasteiger partial charge >= 0.3 is 5.97 Å². The quantitative estimate of drug-likeness (QED) is 0.685. The lowest BCUT2D eigenvalue weighted by molar-refractivity contribution is -0.142. The van der Waals surface area contributed by atoms with Crippen molar-refractivity contribution in [1.29, 1.82) is 0 Å². The molecule has 7 heteroatoms. The van der Waals surface area contributed by atoms with Crippen LogP contribution in [0.5, 0.6) is 0 Å². The summed E-state index contributed by atoms with van der Waals surface area (Å²) in [7, 11) is 0. The molecule has 0 aliphatic rings. The van der Waals surface area contributed by atoms with E-state index in [-0.39, 0.29) is 11.5 Å². The van der Waals surface area contributed by atoms with Gasteiger partial charge in [0.25, 0.3) is 5.56 Å². The predicted octanol–water partition coefficient (Wildman–Crippen LogP) is 2.54. The molecule has 2 atom stereocenters. The number of fused-ring (bicyclic) bond motifs is 1. The van der Waals surface area contributed by atoms with Crippen LogP contribution in [0.4, 0.5) is 0 Å². The van der Waals surface area contributed by atoms with E-state index in [1.165, 1.54) is 10.9 Å². The Morgan fingerprint density at radius 3 is 2.32 bits per heavy atom. The number of carboxylic acids is 1. The molecule has 7 nitrogen and oxygen atoms in total. The monoisotopic (exact) mass is 379 g/mol. The number of nitrogens with one attached hydrogen (secondary N) is 1. The van der Waals surface area contributed by atoms with Gasteiger partial charge in [0, 0.05) is 0 Å². The number of aliphatic carboxylic acids is 1. The molecule has 2 aromatic carbocycles. The maximum Gasteiger partial charge on any atom is 0.330 e. The molecule has 0 radical (unpaired) electrons. The number of rotatable bonds is 6. The van der Waals surface area contributed by atoms with E-state index in [4.69, 9.17) is 0 Å². The molecule has 2 N–H and O–H groups in total. The van der Waals surface area contributed by atoms with Crippen molar-refractivity contribution in [3.05, 3.63) is 76.8 Å². The molecule has 1 heterocycles. The van der Waals surface area contributed by atoms with Crippen molar-refractivity contribution in [3.63, 3.8) is 0 Å². The van der Waals surface area contributed by atoms with E-state index in [1.54, 1.807) is 68.4 Å². The molecule has 0 spiro atoms. The summed E-state index contributed by atoms with van der Waals surface area (Å²) in [6, 6.07) is 13.2. The lowest BCUT2D eigenvalue weighted by Crippen LogP contribution is -2.43. The summed E-state index contributed by atoms with van der Waals surface area (Å²) in [5.41, 5.74) is 0.653. The van der Waals surface area contributed by atoms with Crippen LogP contribution in [0.2, 0.25) is 0 Å². The van der Waals surface area contributed by atoms with Crippen LogP contribution in [0.25, 0.3) is 10.9 Å². The molecule has 0 bridgehead atoms. The number of carbonyl (C=O) groups is 2. The number of nitrogens with zero attached hydrogens (tertiary/aromatic N) is 2. The Hall–Kier alpha value is -3.48. The molecule has 1 aromatic heterocycles. The fourth-order valence-corrected chi connectivity index (χ4v) is 3.19. The highest BCUT2D eigenvalue weighted by Gasteiger charge is 2.30. The molecular weight excluding hydrogens is 358 g/mol. The summed E-state index contributed by atoms with van der Waals surface area (Å²) in [6.45, 7) is 3.59. The molecule has 28 heavy (non-hydrogen) atoms. The van der Waals surface area contributed by atoms with E-state index >= 15 is 0 Å². The second kappa shape index (κ2) is 8.04. The van der Waals surface area contributed by atoms with Gasteiger partial charge in [-0.3, -0.25) is 14.2 Å². The third-order valence-electron chi connectivity index (χ3n) is 4.56. The van der Waals surface area contributed by atoms with Crippen LogP contribution in [0.3, 0.4) is 0 Å². The summed E-state index contributed by atoms with van der Waals surface area (Å²) in [5.74, 6) is -1.98. The fourth-order valence-electron chi connectivity index (χ4n) is 3.19. The Morgan fingerprint density at radius 2 is 1.68 bits per heavy atom. The molecule has 0 aliphatic heterocycles. The first-order chi connectivity index (χ1) is 13.4. The van der Waals surface area contributed by atoms with Gasteiger partial charge in [0.2, 0.25) is 5.91 Å². The minimum absolute atomic E-state index is 0.258. The lowest BCUT2D eigenvalue weighted by atomic mass is 10.0. The normalized spacial score (nSPS) is 13.2. The van der Waals surface area contributed by atoms with Gasteiger partial charge in [-0.25, -0.2) is 9.78 Å². The van der Waals surface area contributed by atoms with Crippen LogP contribution in [0, 0.1) is 5.92 Å². The predicted molar refractivity (Wildman–Crippen MR) is 105 cm³/mol. The van der Waals surface area contributed by atoms with E-state index in [0.29, 0.717) is 16.5 Å². The van der Waals surface area contributed by atoms with Crippen LogP contribution in [0.1, 0.15) is 31.5 Å². The van der Waals surface area contributed by atoms with Gasteiger partial charge in [0.05, 0.1) is 17.2 Å². The Morgan fingerprint density at radius 1 is 1.04 bits per heavy atom. The maximum absolute atomic E-state index is 13.0. The average molecular weight is 379 g/mol. The number of hydrogen-bond donors (Lipinski definition) is 2. The minimum Gasteiger partial charge on any atom is -0.479 e. The highest BCUT2D eigenvalue weighted by atomic mass is 16.4. The number of carboxylic acid groups (broad SMARTS) is 1. The van der Waals surface area contributed by atoms with Crippen molar-refractivity contribution >= 4 is 22.8 Å². The molecule has 0 saturated carbocycles. The van der Waals surface area contributed by atoms with E-state index in [1.807, 2.05) is 0 Å².